The van der Waals surface area contributed by atoms with Crippen LogP contribution >= 0.6 is 0 Å². The van der Waals surface area contributed by atoms with Crippen molar-refractivity contribution in [1.29, 1.82) is 0 Å². The van der Waals surface area contributed by atoms with Gasteiger partial charge in [0, 0.05) is 13.1 Å². The smallest absolute Gasteiger partial charge is 0.224 e. The van der Waals surface area contributed by atoms with E-state index in [2.05, 4.69) is 40.5 Å². The fourth-order valence-electron chi connectivity index (χ4n) is 5.55. The number of anilines is 4. The van der Waals surface area contributed by atoms with E-state index in [9.17, 15) is 30.6 Å². The highest BCUT2D eigenvalue weighted by atomic mass is 16.6. The number of fused-ring (bicyclic) bond motifs is 2. The average molecular weight is 633 g/mol. The summed E-state index contributed by atoms with van der Waals surface area (Å²) in [6, 6.07) is 0. The summed E-state index contributed by atoms with van der Waals surface area (Å²) < 4.78 is 14.1. The SMILES string of the molecule is Nc1nc(NCCCCCNc2nc(N)nc3c2ncn3C2O[C@H](CO)[C@@H](O)[C@H]2O)c2ncn(C3O[C@@H](CO)[C@H](O)[C@@H]3O)c2n1. The summed E-state index contributed by atoms with van der Waals surface area (Å²) in [5.74, 6) is 0.785. The predicted molar refractivity (Wildman–Crippen MR) is 156 cm³/mol. The Morgan fingerprint density at radius 2 is 1.07 bits per heavy atom. The molecule has 0 aromatic carbocycles. The van der Waals surface area contributed by atoms with Crippen molar-refractivity contribution in [3.05, 3.63) is 12.7 Å². The van der Waals surface area contributed by atoms with E-state index in [1.165, 1.54) is 21.8 Å². The van der Waals surface area contributed by atoms with Gasteiger partial charge in [0.1, 0.15) is 36.6 Å². The van der Waals surface area contributed by atoms with Gasteiger partial charge in [-0.2, -0.15) is 19.9 Å². The summed E-state index contributed by atoms with van der Waals surface area (Å²) in [5.41, 5.74) is 13.3. The van der Waals surface area contributed by atoms with Gasteiger partial charge in [-0.25, -0.2) is 9.97 Å². The van der Waals surface area contributed by atoms with Gasteiger partial charge in [-0.1, -0.05) is 0 Å². The van der Waals surface area contributed by atoms with Crippen molar-refractivity contribution >= 4 is 45.9 Å². The van der Waals surface area contributed by atoms with Gasteiger partial charge in [0.05, 0.1) is 25.9 Å². The Kier molecular flexibility index (Phi) is 8.79. The zero-order valence-electron chi connectivity index (χ0n) is 24.0. The Hall–Kier alpha value is -4.02. The lowest BCUT2D eigenvalue weighted by molar-refractivity contribution is -0.0511. The van der Waals surface area contributed by atoms with Gasteiger partial charge in [0.25, 0.3) is 0 Å². The standard InChI is InChI=1S/C25H36N12O8/c26-24-32-18(12-20(34-24)36(8-30-12)22-16(42)14(40)10(6-38)44-22)28-4-2-1-3-5-29-19-13-21(35-25(27)33-19)37(9-31-13)23-17(43)15(41)11(7-39)45-23/h8-11,14-17,22-23,38-43H,1-7H2,(H3,26,28,32,34)(H3,27,29,33,35)/t10-,11+,14-,15+,16-,17+,22?,23?. The van der Waals surface area contributed by atoms with Crippen LogP contribution in [0, 0.1) is 0 Å². The van der Waals surface area contributed by atoms with E-state index in [0.717, 1.165) is 19.3 Å². The third kappa shape index (κ3) is 5.77. The van der Waals surface area contributed by atoms with Crippen LogP contribution in [0.5, 0.6) is 0 Å². The van der Waals surface area contributed by atoms with Crippen LogP contribution in [-0.4, -0.2) is 133 Å². The fourth-order valence-corrected chi connectivity index (χ4v) is 5.55. The molecule has 0 radical (unpaired) electrons. The summed E-state index contributed by atoms with van der Waals surface area (Å²) in [7, 11) is 0. The minimum atomic E-state index is -1.30. The maximum absolute atomic E-state index is 10.4. The second kappa shape index (κ2) is 12.8. The van der Waals surface area contributed by atoms with Gasteiger partial charge in [-0.3, -0.25) is 9.13 Å². The van der Waals surface area contributed by atoms with Crippen molar-refractivity contribution in [2.45, 2.75) is 68.3 Å². The van der Waals surface area contributed by atoms with Crippen molar-refractivity contribution in [3.8, 4) is 0 Å². The zero-order chi connectivity index (χ0) is 31.8. The molecule has 6 heterocycles. The number of imidazole rings is 2. The third-order valence-electron chi connectivity index (χ3n) is 7.90. The van der Waals surface area contributed by atoms with Crippen LogP contribution in [0.3, 0.4) is 0 Å². The molecule has 0 amide bonds. The number of nitrogen functional groups attached to an aromatic ring is 2. The Morgan fingerprint density at radius 1 is 0.644 bits per heavy atom. The quantitative estimate of drug-likeness (QED) is 0.0698. The van der Waals surface area contributed by atoms with Gasteiger partial charge < -0.3 is 62.2 Å². The number of unbranched alkanes of at least 4 members (excludes halogenated alkanes) is 2. The van der Waals surface area contributed by atoms with Gasteiger partial charge in [0.2, 0.25) is 11.9 Å². The van der Waals surface area contributed by atoms with Crippen LogP contribution in [0.15, 0.2) is 12.7 Å². The summed E-state index contributed by atoms with van der Waals surface area (Å²) in [6.07, 6.45) is -3.86. The highest BCUT2D eigenvalue weighted by molar-refractivity contribution is 5.85. The van der Waals surface area contributed by atoms with Crippen LogP contribution in [0.2, 0.25) is 0 Å². The molecule has 2 unspecified atom stereocenters. The molecule has 4 aromatic heterocycles. The Bertz CT molecular complexity index is 1520. The number of rotatable bonds is 12. The molecular weight excluding hydrogens is 596 g/mol. The minimum absolute atomic E-state index is 0.0148. The highest BCUT2D eigenvalue weighted by Gasteiger charge is 2.45. The molecule has 12 N–H and O–H groups in total. The monoisotopic (exact) mass is 632 g/mol. The molecule has 4 aromatic rings. The molecule has 2 aliphatic heterocycles. The van der Waals surface area contributed by atoms with Crippen LogP contribution < -0.4 is 22.1 Å². The lowest BCUT2D eigenvalue weighted by Crippen LogP contribution is -2.33. The van der Waals surface area contributed by atoms with E-state index >= 15 is 0 Å². The summed E-state index contributed by atoms with van der Waals surface area (Å²) in [4.78, 5) is 25.7. The highest BCUT2D eigenvalue weighted by Crippen LogP contribution is 2.34. The number of nitrogens with two attached hydrogens (primary N) is 2. The zero-order valence-corrected chi connectivity index (χ0v) is 24.0. The van der Waals surface area contributed by atoms with E-state index < -0.39 is 62.3 Å². The van der Waals surface area contributed by atoms with E-state index in [4.69, 9.17) is 20.9 Å². The van der Waals surface area contributed by atoms with Crippen LogP contribution in [-0.2, 0) is 9.47 Å². The maximum Gasteiger partial charge on any atom is 0.224 e. The second-order valence-electron chi connectivity index (χ2n) is 10.9. The molecular formula is C25H36N12O8. The van der Waals surface area contributed by atoms with Gasteiger partial charge in [-0.15, -0.1) is 0 Å². The summed E-state index contributed by atoms with van der Waals surface area (Å²) >= 11 is 0. The Labute approximate surface area is 254 Å². The predicted octanol–water partition coefficient (Wildman–Crippen LogP) is -2.95. The number of hydrogen-bond acceptors (Lipinski definition) is 18. The van der Waals surface area contributed by atoms with E-state index in [0.29, 0.717) is 47.1 Å². The number of nitrogens with zero attached hydrogens (tertiary/aromatic N) is 8. The average Bonchev–Trinajstić information content (AvgIpc) is 3.77. The van der Waals surface area contributed by atoms with Gasteiger partial charge >= 0.3 is 0 Å². The molecule has 20 heteroatoms. The van der Waals surface area contributed by atoms with E-state index in [1.807, 2.05) is 0 Å². The number of aliphatic hydroxyl groups is 6. The number of aromatic nitrogens is 8. The molecule has 6 rings (SSSR count). The van der Waals surface area contributed by atoms with E-state index in [-0.39, 0.29) is 11.9 Å². The minimum Gasteiger partial charge on any atom is -0.394 e. The molecule has 244 valence electrons. The lowest BCUT2D eigenvalue weighted by atomic mass is 10.1. The van der Waals surface area contributed by atoms with Crippen molar-refractivity contribution < 1.29 is 40.1 Å². The van der Waals surface area contributed by atoms with Crippen molar-refractivity contribution in [2.24, 2.45) is 0 Å². The number of ether oxygens (including phenoxy) is 2. The largest absolute Gasteiger partial charge is 0.394 e. The summed E-state index contributed by atoms with van der Waals surface area (Å²) in [5, 5.41) is 66.3. The lowest BCUT2D eigenvalue weighted by Gasteiger charge is -2.17. The molecule has 0 bridgehead atoms. The topological polar surface area (TPSA) is 303 Å². The molecule has 0 saturated carbocycles. The third-order valence-corrected chi connectivity index (χ3v) is 7.90. The first-order valence-electron chi connectivity index (χ1n) is 14.4. The Balaban J connectivity index is 1.03. The molecule has 0 aliphatic carbocycles. The first-order valence-corrected chi connectivity index (χ1v) is 14.4. The first kappa shape index (κ1) is 31.0. The molecule has 0 spiro atoms. The number of aliphatic hydroxyl groups excluding tert-OH is 6. The van der Waals surface area contributed by atoms with Gasteiger partial charge in [-0.05, 0) is 19.3 Å². The maximum atomic E-state index is 10.4. The molecule has 2 aliphatic rings. The molecule has 2 fully saturated rings. The molecule has 20 nitrogen and oxygen atoms in total. The number of hydrogen-bond donors (Lipinski definition) is 10. The summed E-state index contributed by atoms with van der Waals surface area (Å²) in [6.45, 7) is 0.182. The van der Waals surface area contributed by atoms with Crippen molar-refractivity contribution in [1.82, 2.24) is 39.0 Å². The van der Waals surface area contributed by atoms with Crippen LogP contribution in [0.4, 0.5) is 23.5 Å². The Morgan fingerprint density at radius 3 is 1.44 bits per heavy atom. The van der Waals surface area contributed by atoms with Gasteiger partial charge in [0.15, 0.2) is 46.4 Å². The molecule has 45 heavy (non-hydrogen) atoms. The number of nitrogens with one attached hydrogen (secondary N) is 2. The second-order valence-corrected chi connectivity index (χ2v) is 10.9. The van der Waals surface area contributed by atoms with Crippen LogP contribution in [0.25, 0.3) is 22.3 Å². The fraction of sp³-hybridized carbons (Fsp3) is 0.600. The first-order chi connectivity index (χ1) is 21.7. The molecule has 8 atom stereocenters. The van der Waals surface area contributed by atoms with Crippen LogP contribution in [0.1, 0.15) is 31.7 Å². The normalized spacial score (nSPS) is 28.4. The van der Waals surface area contributed by atoms with Crippen molar-refractivity contribution in [2.75, 3.05) is 48.4 Å². The van der Waals surface area contributed by atoms with Crippen molar-refractivity contribution in [3.63, 3.8) is 0 Å². The molecule has 2 saturated heterocycles. The van der Waals surface area contributed by atoms with E-state index in [1.54, 1.807) is 0 Å².